The average molecular weight is 293 g/mol. The number of hydrogen-bond donors (Lipinski definition) is 0. The lowest BCUT2D eigenvalue weighted by molar-refractivity contribution is 0.706. The van der Waals surface area contributed by atoms with Gasteiger partial charge >= 0.3 is 0 Å². The van der Waals surface area contributed by atoms with Crippen LogP contribution in [0.4, 0.5) is 0 Å². The van der Waals surface area contributed by atoms with E-state index >= 15 is 0 Å². The second kappa shape index (κ2) is 13.7. The van der Waals surface area contributed by atoms with Crippen LogP contribution >= 0.6 is 0 Å². The molecule has 0 unspecified atom stereocenters. The van der Waals surface area contributed by atoms with Crippen LogP contribution in [0.15, 0.2) is 29.2 Å². The average Bonchev–Trinajstić information content (AvgIpc) is 3.38. The van der Waals surface area contributed by atoms with Crippen molar-refractivity contribution < 1.29 is 0 Å². The van der Waals surface area contributed by atoms with Crippen LogP contribution in [0.2, 0.25) is 0 Å². The molecule has 0 radical (unpaired) electrons. The standard InChI is InChI=1S/C13H17NO.3C2H6/c1-3-4-10(2)11-7-8-14(12-5-6-12)13(15)9-11;3*1-2/h4,7-9,12H,3,5-6H2,1-2H3;3*1-2H3/b10-4+;;;. The zero-order valence-electron chi connectivity index (χ0n) is 15.4. The molecule has 1 aromatic heterocycles. The van der Waals surface area contributed by atoms with Gasteiger partial charge in [-0.1, -0.05) is 54.5 Å². The summed E-state index contributed by atoms with van der Waals surface area (Å²) in [7, 11) is 0. The minimum Gasteiger partial charge on any atom is -0.312 e. The molecule has 2 heteroatoms. The zero-order valence-corrected chi connectivity index (χ0v) is 15.4. The van der Waals surface area contributed by atoms with E-state index in [9.17, 15) is 4.79 Å². The van der Waals surface area contributed by atoms with Crippen molar-refractivity contribution in [2.45, 2.75) is 80.7 Å². The van der Waals surface area contributed by atoms with Crippen LogP contribution in [0.25, 0.3) is 5.57 Å². The van der Waals surface area contributed by atoms with E-state index in [1.807, 2.05) is 58.4 Å². The van der Waals surface area contributed by atoms with E-state index in [1.54, 1.807) is 6.07 Å². The van der Waals surface area contributed by atoms with Gasteiger partial charge < -0.3 is 4.57 Å². The van der Waals surface area contributed by atoms with Crippen molar-refractivity contribution in [3.05, 3.63) is 40.3 Å². The summed E-state index contributed by atoms with van der Waals surface area (Å²) >= 11 is 0. The minimum atomic E-state index is 0.138. The van der Waals surface area contributed by atoms with Crippen molar-refractivity contribution in [2.24, 2.45) is 0 Å². The molecule has 1 saturated carbocycles. The molecule has 1 aliphatic rings. The summed E-state index contributed by atoms with van der Waals surface area (Å²) in [5.74, 6) is 0. The van der Waals surface area contributed by atoms with Crippen LogP contribution in [-0.4, -0.2) is 4.57 Å². The first kappa shape index (κ1) is 22.0. The first-order valence-electron chi connectivity index (χ1n) is 8.61. The molecule has 0 amide bonds. The molecule has 1 aromatic rings. The third-order valence-corrected chi connectivity index (χ3v) is 2.85. The number of nitrogens with zero attached hydrogens (tertiary/aromatic N) is 1. The highest BCUT2D eigenvalue weighted by molar-refractivity contribution is 5.62. The molecule has 0 saturated heterocycles. The third-order valence-electron chi connectivity index (χ3n) is 2.85. The molecule has 0 bridgehead atoms. The lowest BCUT2D eigenvalue weighted by Gasteiger charge is -2.05. The summed E-state index contributed by atoms with van der Waals surface area (Å²) in [5.41, 5.74) is 2.38. The summed E-state index contributed by atoms with van der Waals surface area (Å²) < 4.78 is 1.85. The maximum Gasteiger partial charge on any atom is 0.251 e. The monoisotopic (exact) mass is 293 g/mol. The topological polar surface area (TPSA) is 22.0 Å². The Morgan fingerprint density at radius 3 is 2.10 bits per heavy atom. The number of hydrogen-bond acceptors (Lipinski definition) is 1. The maximum atomic E-state index is 11.8. The lowest BCUT2D eigenvalue weighted by atomic mass is 10.1. The fraction of sp³-hybridized carbons (Fsp3) is 0.632. The Bertz CT molecular complexity index is 439. The molecule has 1 heterocycles. The van der Waals surface area contributed by atoms with E-state index < -0.39 is 0 Å². The van der Waals surface area contributed by atoms with Gasteiger partial charge in [-0.2, -0.15) is 0 Å². The molecule has 0 spiro atoms. The molecule has 0 N–H and O–H groups in total. The highest BCUT2D eigenvalue weighted by Gasteiger charge is 2.23. The molecule has 2 rings (SSSR count). The maximum absolute atomic E-state index is 11.8. The van der Waals surface area contributed by atoms with Gasteiger partial charge in [0.15, 0.2) is 0 Å². The van der Waals surface area contributed by atoms with Gasteiger partial charge in [-0.05, 0) is 43.4 Å². The van der Waals surface area contributed by atoms with Gasteiger partial charge in [-0.15, -0.1) is 0 Å². The fourth-order valence-electron chi connectivity index (χ4n) is 1.81. The molecular formula is C19H35NO. The Balaban J connectivity index is 0. The molecule has 122 valence electrons. The number of pyridine rings is 1. The normalized spacial score (nSPS) is 12.9. The Kier molecular flexibility index (Phi) is 14.3. The minimum absolute atomic E-state index is 0.138. The highest BCUT2D eigenvalue weighted by atomic mass is 16.1. The van der Waals surface area contributed by atoms with Crippen LogP contribution in [0, 0.1) is 0 Å². The van der Waals surface area contributed by atoms with Crippen molar-refractivity contribution in [1.82, 2.24) is 4.57 Å². The first-order chi connectivity index (χ1) is 10.2. The van der Waals surface area contributed by atoms with Crippen LogP contribution in [0.3, 0.4) is 0 Å². The number of rotatable bonds is 3. The van der Waals surface area contributed by atoms with Crippen LogP contribution in [0.1, 0.15) is 86.3 Å². The summed E-state index contributed by atoms with van der Waals surface area (Å²) in [4.78, 5) is 11.8. The van der Waals surface area contributed by atoms with E-state index in [-0.39, 0.29) is 5.56 Å². The Labute approximate surface area is 131 Å². The van der Waals surface area contributed by atoms with Crippen LogP contribution < -0.4 is 5.56 Å². The second-order valence-electron chi connectivity index (χ2n) is 4.19. The summed E-state index contributed by atoms with van der Waals surface area (Å²) in [6, 6.07) is 4.27. The first-order valence-corrected chi connectivity index (χ1v) is 8.61. The smallest absolute Gasteiger partial charge is 0.251 e. The number of aromatic nitrogens is 1. The van der Waals surface area contributed by atoms with Crippen molar-refractivity contribution in [3.63, 3.8) is 0 Å². The molecule has 0 aliphatic heterocycles. The van der Waals surface area contributed by atoms with E-state index in [0.717, 1.165) is 24.8 Å². The van der Waals surface area contributed by atoms with Gasteiger partial charge in [0, 0.05) is 18.3 Å². The Morgan fingerprint density at radius 1 is 1.19 bits per heavy atom. The van der Waals surface area contributed by atoms with Gasteiger partial charge in [-0.3, -0.25) is 4.79 Å². The summed E-state index contributed by atoms with van der Waals surface area (Å²) in [6.45, 7) is 16.2. The second-order valence-corrected chi connectivity index (χ2v) is 4.19. The molecule has 0 atom stereocenters. The van der Waals surface area contributed by atoms with Crippen LogP contribution in [-0.2, 0) is 0 Å². The highest BCUT2D eigenvalue weighted by Crippen LogP contribution is 2.33. The molecule has 0 aromatic carbocycles. The molecular weight excluding hydrogens is 258 g/mol. The van der Waals surface area contributed by atoms with Crippen LogP contribution in [0.5, 0.6) is 0 Å². The van der Waals surface area contributed by atoms with E-state index in [0.29, 0.717) is 6.04 Å². The summed E-state index contributed by atoms with van der Waals surface area (Å²) in [6.07, 6.45) is 7.40. The van der Waals surface area contributed by atoms with Crippen molar-refractivity contribution in [1.29, 1.82) is 0 Å². The van der Waals surface area contributed by atoms with Crippen molar-refractivity contribution in [3.8, 4) is 0 Å². The molecule has 2 nitrogen and oxygen atoms in total. The van der Waals surface area contributed by atoms with E-state index in [1.165, 1.54) is 5.57 Å². The fourth-order valence-corrected chi connectivity index (χ4v) is 1.81. The zero-order chi connectivity index (χ0) is 16.8. The van der Waals surface area contributed by atoms with Crippen molar-refractivity contribution in [2.75, 3.05) is 0 Å². The van der Waals surface area contributed by atoms with E-state index in [2.05, 4.69) is 19.9 Å². The Hall–Kier alpha value is -1.31. The Morgan fingerprint density at radius 2 is 1.71 bits per heavy atom. The van der Waals surface area contributed by atoms with Gasteiger partial charge in [0.25, 0.3) is 5.56 Å². The largest absolute Gasteiger partial charge is 0.312 e. The summed E-state index contributed by atoms with van der Waals surface area (Å²) in [5, 5.41) is 0. The van der Waals surface area contributed by atoms with E-state index in [4.69, 9.17) is 0 Å². The molecule has 1 aliphatic carbocycles. The third kappa shape index (κ3) is 7.89. The molecule has 1 fully saturated rings. The SMILES string of the molecule is CC.CC.CC.CC/C=C(\C)c1ccn(C2CC2)c(=O)c1. The van der Waals surface area contributed by atoms with Crippen molar-refractivity contribution >= 4 is 5.57 Å². The van der Waals surface area contributed by atoms with Gasteiger partial charge in [0.05, 0.1) is 0 Å². The quantitative estimate of drug-likeness (QED) is 0.662. The van der Waals surface area contributed by atoms with Gasteiger partial charge in [0.1, 0.15) is 0 Å². The predicted molar refractivity (Wildman–Crippen MR) is 97.0 cm³/mol. The molecule has 21 heavy (non-hydrogen) atoms. The predicted octanol–water partition coefficient (Wildman–Crippen LogP) is 6.08. The number of allylic oxidation sites excluding steroid dienone is 2. The lowest BCUT2D eigenvalue weighted by Crippen LogP contribution is -2.17. The van der Waals surface area contributed by atoms with Gasteiger partial charge in [-0.25, -0.2) is 0 Å². The van der Waals surface area contributed by atoms with Gasteiger partial charge in [0.2, 0.25) is 0 Å².